The molecule has 2 bridgehead atoms. The van der Waals surface area contributed by atoms with Crippen molar-refractivity contribution in [3.8, 4) is 0 Å². The summed E-state index contributed by atoms with van der Waals surface area (Å²) >= 11 is 0. The number of hydrogen-bond donors (Lipinski definition) is 1. The molecule has 2 saturated carbocycles. The Labute approximate surface area is 144 Å². The van der Waals surface area contributed by atoms with Gasteiger partial charge in [0.25, 0.3) is 0 Å². The molecule has 0 spiro atoms. The Morgan fingerprint density at radius 1 is 1.29 bits per heavy atom. The van der Waals surface area contributed by atoms with Gasteiger partial charge in [0, 0.05) is 37.9 Å². The lowest BCUT2D eigenvalue weighted by Crippen LogP contribution is -2.45. The van der Waals surface area contributed by atoms with E-state index in [9.17, 15) is 18.0 Å². The fourth-order valence-corrected chi connectivity index (χ4v) is 6.81. The fourth-order valence-electron chi connectivity index (χ4n) is 4.92. The molecule has 0 aromatic heterocycles. The molecular formula is C17H28N2O4S. The molecule has 7 heteroatoms. The van der Waals surface area contributed by atoms with Crippen molar-refractivity contribution in [2.24, 2.45) is 16.7 Å². The topological polar surface area (TPSA) is 83.6 Å². The smallest absolute Gasteiger partial charge is 0.222 e. The maximum Gasteiger partial charge on any atom is 0.222 e. The van der Waals surface area contributed by atoms with Crippen LogP contribution >= 0.6 is 0 Å². The highest BCUT2D eigenvalue weighted by atomic mass is 32.2. The maximum atomic E-state index is 12.5. The summed E-state index contributed by atoms with van der Waals surface area (Å²) in [7, 11) is -3.50. The Kier molecular flexibility index (Phi) is 4.53. The first-order chi connectivity index (χ1) is 11.2. The van der Waals surface area contributed by atoms with Gasteiger partial charge >= 0.3 is 0 Å². The van der Waals surface area contributed by atoms with Crippen molar-refractivity contribution in [2.45, 2.75) is 52.4 Å². The first-order valence-electron chi connectivity index (χ1n) is 8.96. The van der Waals surface area contributed by atoms with E-state index in [0.29, 0.717) is 44.7 Å². The van der Waals surface area contributed by atoms with Gasteiger partial charge in [-0.25, -0.2) is 13.1 Å². The van der Waals surface area contributed by atoms with Crippen LogP contribution in [-0.4, -0.2) is 50.4 Å². The van der Waals surface area contributed by atoms with Crippen LogP contribution in [0, 0.1) is 16.7 Å². The van der Waals surface area contributed by atoms with Gasteiger partial charge in [0.2, 0.25) is 15.9 Å². The minimum Gasteiger partial charge on any atom is -0.343 e. The highest BCUT2D eigenvalue weighted by molar-refractivity contribution is 7.89. The van der Waals surface area contributed by atoms with E-state index in [1.807, 2.05) is 13.8 Å². The van der Waals surface area contributed by atoms with Crippen molar-refractivity contribution in [1.82, 2.24) is 9.62 Å². The number of amides is 1. The normalized spacial score (nSPS) is 32.1. The molecule has 6 nitrogen and oxygen atoms in total. The first-order valence-corrected chi connectivity index (χ1v) is 10.6. The number of rotatable bonds is 7. The molecule has 0 aromatic carbocycles. The SMILES string of the molecule is CC1(C)[C@@H]2CC[C@]1(CS(=O)(=O)NCCCN1CCCC1=O)C(=O)C2. The molecule has 3 aliphatic rings. The fraction of sp³-hybridized carbons (Fsp3) is 0.882. The Hall–Kier alpha value is -0.950. The van der Waals surface area contributed by atoms with Crippen molar-refractivity contribution >= 4 is 21.7 Å². The molecule has 1 aliphatic heterocycles. The summed E-state index contributed by atoms with van der Waals surface area (Å²) in [6, 6.07) is 0. The van der Waals surface area contributed by atoms with E-state index < -0.39 is 15.4 Å². The van der Waals surface area contributed by atoms with Gasteiger partial charge in [-0.3, -0.25) is 9.59 Å². The van der Waals surface area contributed by atoms with Crippen LogP contribution in [0.3, 0.4) is 0 Å². The average molecular weight is 356 g/mol. The van der Waals surface area contributed by atoms with Crippen LogP contribution in [0.15, 0.2) is 0 Å². The quantitative estimate of drug-likeness (QED) is 0.697. The molecule has 3 rings (SSSR count). The summed E-state index contributed by atoms with van der Waals surface area (Å²) in [6.07, 6.45) is 4.27. The third-order valence-electron chi connectivity index (χ3n) is 6.67. The lowest BCUT2D eigenvalue weighted by molar-refractivity contribution is -0.128. The maximum absolute atomic E-state index is 12.5. The number of nitrogens with zero attached hydrogens (tertiary/aromatic N) is 1. The van der Waals surface area contributed by atoms with Crippen LogP contribution in [0.25, 0.3) is 0 Å². The predicted octanol–water partition coefficient (Wildman–Crippen LogP) is 1.31. The van der Waals surface area contributed by atoms with Crippen LogP contribution in [-0.2, 0) is 19.6 Å². The number of fused-ring (bicyclic) bond motifs is 2. The summed E-state index contributed by atoms with van der Waals surface area (Å²) in [6.45, 7) is 5.78. The van der Waals surface area contributed by atoms with Gasteiger partial charge in [0.15, 0.2) is 0 Å². The van der Waals surface area contributed by atoms with Gasteiger partial charge in [-0.05, 0) is 37.0 Å². The number of nitrogens with one attached hydrogen (secondary N) is 1. The number of likely N-dealkylation sites (tertiary alicyclic amines) is 1. The highest BCUT2D eigenvalue weighted by Gasteiger charge is 2.65. The molecule has 0 unspecified atom stereocenters. The zero-order valence-corrected chi connectivity index (χ0v) is 15.5. The second-order valence-electron chi connectivity index (χ2n) is 8.16. The summed E-state index contributed by atoms with van der Waals surface area (Å²) in [4.78, 5) is 25.8. The third kappa shape index (κ3) is 2.90. The first kappa shape index (κ1) is 17.9. The van der Waals surface area contributed by atoms with E-state index in [4.69, 9.17) is 0 Å². The molecule has 2 atom stereocenters. The van der Waals surface area contributed by atoms with Gasteiger partial charge in [-0.2, -0.15) is 0 Å². The number of Topliss-reactive ketones (excluding diaryl/α,β-unsaturated/α-hetero) is 1. The van der Waals surface area contributed by atoms with Gasteiger partial charge < -0.3 is 4.90 Å². The highest BCUT2D eigenvalue weighted by Crippen LogP contribution is 2.64. The second-order valence-corrected chi connectivity index (χ2v) is 9.96. The van der Waals surface area contributed by atoms with Gasteiger partial charge in [0.1, 0.15) is 5.78 Å². The average Bonchev–Trinajstić information content (AvgIpc) is 3.05. The Morgan fingerprint density at radius 2 is 2.04 bits per heavy atom. The number of carbonyl (C=O) groups is 2. The minimum atomic E-state index is -3.50. The molecule has 1 amide bonds. The van der Waals surface area contributed by atoms with Crippen LogP contribution < -0.4 is 4.72 Å². The summed E-state index contributed by atoms with van der Waals surface area (Å²) in [5.74, 6) is 0.510. The largest absolute Gasteiger partial charge is 0.343 e. The monoisotopic (exact) mass is 356 g/mol. The molecule has 1 N–H and O–H groups in total. The molecule has 0 aromatic rings. The molecular weight excluding hydrogens is 328 g/mol. The Morgan fingerprint density at radius 3 is 2.58 bits per heavy atom. The van der Waals surface area contributed by atoms with Gasteiger partial charge in [-0.1, -0.05) is 13.8 Å². The molecule has 136 valence electrons. The zero-order chi connectivity index (χ0) is 17.6. The number of carbonyl (C=O) groups excluding carboxylic acids is 2. The van der Waals surface area contributed by atoms with Crippen molar-refractivity contribution in [3.63, 3.8) is 0 Å². The second kappa shape index (κ2) is 6.09. The number of sulfonamides is 1. The molecule has 24 heavy (non-hydrogen) atoms. The summed E-state index contributed by atoms with van der Waals surface area (Å²) in [5.41, 5.74) is -0.949. The standard InChI is InChI=1S/C17H28N2O4S/c1-16(2)13-6-7-17(16,14(20)11-13)12-24(22,23)18-8-4-10-19-9-3-5-15(19)21/h13,18H,3-12H2,1-2H3/t13-,17+/m1/s1. The summed E-state index contributed by atoms with van der Waals surface area (Å²) < 4.78 is 27.7. The molecule has 3 fully saturated rings. The van der Waals surface area contributed by atoms with Crippen molar-refractivity contribution in [3.05, 3.63) is 0 Å². The minimum absolute atomic E-state index is 0.0923. The Balaban J connectivity index is 1.54. The van der Waals surface area contributed by atoms with Crippen LogP contribution in [0.5, 0.6) is 0 Å². The lowest BCUT2D eigenvalue weighted by Gasteiger charge is -2.36. The molecule has 2 aliphatic carbocycles. The lowest BCUT2D eigenvalue weighted by atomic mass is 9.70. The van der Waals surface area contributed by atoms with E-state index in [1.54, 1.807) is 4.90 Å². The van der Waals surface area contributed by atoms with Crippen molar-refractivity contribution < 1.29 is 18.0 Å². The Bertz CT molecular complexity index is 643. The van der Waals surface area contributed by atoms with Crippen molar-refractivity contribution in [1.29, 1.82) is 0 Å². The number of ketones is 1. The molecule has 0 radical (unpaired) electrons. The molecule has 1 saturated heterocycles. The zero-order valence-electron chi connectivity index (χ0n) is 14.6. The third-order valence-corrected chi connectivity index (χ3v) is 8.19. The predicted molar refractivity (Wildman–Crippen MR) is 90.8 cm³/mol. The van der Waals surface area contributed by atoms with E-state index in [2.05, 4.69) is 4.72 Å². The van der Waals surface area contributed by atoms with E-state index in [-0.39, 0.29) is 22.9 Å². The van der Waals surface area contributed by atoms with Gasteiger partial charge in [0.05, 0.1) is 5.75 Å². The van der Waals surface area contributed by atoms with E-state index in [1.165, 1.54) is 0 Å². The van der Waals surface area contributed by atoms with Crippen LogP contribution in [0.4, 0.5) is 0 Å². The van der Waals surface area contributed by atoms with Crippen LogP contribution in [0.1, 0.15) is 52.4 Å². The number of hydrogen-bond acceptors (Lipinski definition) is 4. The van der Waals surface area contributed by atoms with Crippen LogP contribution in [0.2, 0.25) is 0 Å². The van der Waals surface area contributed by atoms with E-state index >= 15 is 0 Å². The molecule has 1 heterocycles. The summed E-state index contributed by atoms with van der Waals surface area (Å²) in [5, 5.41) is 0. The van der Waals surface area contributed by atoms with Gasteiger partial charge in [-0.15, -0.1) is 0 Å². The van der Waals surface area contributed by atoms with Crippen molar-refractivity contribution in [2.75, 3.05) is 25.4 Å². The van der Waals surface area contributed by atoms with E-state index in [0.717, 1.165) is 19.4 Å².